The number of rotatable bonds is 3. The zero-order valence-corrected chi connectivity index (χ0v) is 18.1. The van der Waals surface area contributed by atoms with Gasteiger partial charge in [-0.1, -0.05) is 54.1 Å². The van der Waals surface area contributed by atoms with Crippen LogP contribution in [0.4, 0.5) is 17.1 Å². The molecule has 2 aliphatic heterocycles. The molecule has 0 aromatic heterocycles. The van der Waals surface area contributed by atoms with Gasteiger partial charge in [-0.2, -0.15) is 0 Å². The van der Waals surface area contributed by atoms with Crippen molar-refractivity contribution in [3.05, 3.63) is 89.4 Å². The highest BCUT2D eigenvalue weighted by atomic mass is 35.5. The first-order valence-corrected chi connectivity index (χ1v) is 10.5. The van der Waals surface area contributed by atoms with Crippen LogP contribution < -0.4 is 9.80 Å². The maximum absolute atomic E-state index is 13.2. The zero-order chi connectivity index (χ0) is 21.6. The zero-order valence-electron chi connectivity index (χ0n) is 17.3. The standard InChI is InChI=1S/C25H22ClN3O2/c1-28(19-8-4-3-5-9-19)22-16-25(17-12-14-18(26)15-13-17)23(31-2)24(30)29(25)21-11-7-6-10-20(21)27-22/h3-15,23H,16H2,1-2H3. The van der Waals surface area contributed by atoms with Gasteiger partial charge >= 0.3 is 0 Å². The number of hydrogen-bond donors (Lipinski definition) is 0. The number of carbonyl (C=O) groups is 1. The van der Waals surface area contributed by atoms with E-state index in [0.717, 1.165) is 28.5 Å². The van der Waals surface area contributed by atoms with E-state index in [1.807, 2.05) is 90.8 Å². The van der Waals surface area contributed by atoms with Crippen LogP contribution >= 0.6 is 11.6 Å². The Labute approximate surface area is 186 Å². The number of benzene rings is 3. The average molecular weight is 432 g/mol. The van der Waals surface area contributed by atoms with E-state index in [-0.39, 0.29) is 5.91 Å². The van der Waals surface area contributed by atoms with Crippen LogP contribution in [0, 0.1) is 0 Å². The van der Waals surface area contributed by atoms with Crippen molar-refractivity contribution in [2.24, 2.45) is 4.99 Å². The Morgan fingerprint density at radius 2 is 1.71 bits per heavy atom. The third-order valence-electron chi connectivity index (χ3n) is 6.19. The summed E-state index contributed by atoms with van der Waals surface area (Å²) >= 11 is 6.18. The number of ether oxygens (including phenoxy) is 1. The second kappa shape index (κ2) is 7.52. The minimum Gasteiger partial charge on any atom is -0.369 e. The van der Waals surface area contributed by atoms with Gasteiger partial charge in [0.15, 0.2) is 6.10 Å². The average Bonchev–Trinajstić information content (AvgIpc) is 2.93. The van der Waals surface area contributed by atoms with Gasteiger partial charge in [0.1, 0.15) is 11.4 Å². The normalized spacial score (nSPS) is 22.0. The molecule has 3 aromatic carbocycles. The molecule has 0 saturated carbocycles. The third-order valence-corrected chi connectivity index (χ3v) is 6.44. The highest BCUT2D eigenvalue weighted by molar-refractivity contribution is 6.30. The molecule has 2 unspecified atom stereocenters. The van der Waals surface area contributed by atoms with Gasteiger partial charge in [-0.3, -0.25) is 9.69 Å². The van der Waals surface area contributed by atoms with Crippen LogP contribution in [0.15, 0.2) is 83.9 Å². The summed E-state index contributed by atoms with van der Waals surface area (Å²) < 4.78 is 5.76. The fourth-order valence-electron chi connectivity index (χ4n) is 4.65. The lowest BCUT2D eigenvalue weighted by Gasteiger charge is -2.56. The number of halogens is 1. The summed E-state index contributed by atoms with van der Waals surface area (Å²) in [5, 5.41) is 0.649. The molecule has 1 amide bonds. The van der Waals surface area contributed by atoms with Gasteiger partial charge in [-0.05, 0) is 42.0 Å². The summed E-state index contributed by atoms with van der Waals surface area (Å²) in [6.45, 7) is 0. The number of amides is 1. The van der Waals surface area contributed by atoms with Gasteiger partial charge in [-0.15, -0.1) is 0 Å². The molecule has 0 aliphatic carbocycles. The fraction of sp³-hybridized carbons (Fsp3) is 0.200. The van der Waals surface area contributed by atoms with Gasteiger partial charge in [0.25, 0.3) is 5.91 Å². The monoisotopic (exact) mass is 431 g/mol. The Hall–Kier alpha value is -3.15. The number of fused-ring (bicyclic) bond motifs is 3. The second-order valence-electron chi connectivity index (χ2n) is 7.81. The van der Waals surface area contributed by atoms with E-state index in [1.165, 1.54) is 0 Å². The first kappa shape index (κ1) is 19.8. The van der Waals surface area contributed by atoms with E-state index in [2.05, 4.69) is 4.90 Å². The number of nitrogens with zero attached hydrogens (tertiary/aromatic N) is 3. The molecule has 1 fully saturated rings. The van der Waals surface area contributed by atoms with Crippen molar-refractivity contribution in [2.45, 2.75) is 18.1 Å². The SMILES string of the molecule is COC1C(=O)N2c3ccccc3N=C(N(C)c3ccccc3)CC12c1ccc(Cl)cc1. The number of β-lactam (4-membered cyclic amide) rings is 1. The van der Waals surface area contributed by atoms with Gasteiger partial charge in [0.05, 0.1) is 11.4 Å². The van der Waals surface area contributed by atoms with Crippen molar-refractivity contribution >= 4 is 40.4 Å². The van der Waals surface area contributed by atoms with Gasteiger partial charge in [0, 0.05) is 31.3 Å². The molecule has 1 saturated heterocycles. The summed E-state index contributed by atoms with van der Waals surface area (Å²) in [6.07, 6.45) is -0.118. The van der Waals surface area contributed by atoms with Crippen LogP contribution in [0.2, 0.25) is 5.02 Å². The Balaban J connectivity index is 1.72. The fourth-order valence-corrected chi connectivity index (χ4v) is 4.78. The first-order chi connectivity index (χ1) is 15.1. The predicted octanol–water partition coefficient (Wildman–Crippen LogP) is 5.17. The highest BCUT2D eigenvalue weighted by Gasteiger charge is 2.64. The number of methoxy groups -OCH3 is 1. The van der Waals surface area contributed by atoms with Crippen molar-refractivity contribution in [3.63, 3.8) is 0 Å². The molecule has 2 heterocycles. The molecule has 5 nitrogen and oxygen atoms in total. The van der Waals surface area contributed by atoms with Crippen molar-refractivity contribution in [3.8, 4) is 0 Å². The van der Waals surface area contributed by atoms with E-state index in [0.29, 0.717) is 11.4 Å². The highest BCUT2D eigenvalue weighted by Crippen LogP contribution is 2.53. The molecule has 6 heteroatoms. The first-order valence-electron chi connectivity index (χ1n) is 10.1. The Kier molecular flexibility index (Phi) is 4.80. The molecule has 0 spiro atoms. The van der Waals surface area contributed by atoms with Crippen molar-refractivity contribution in [1.82, 2.24) is 0 Å². The van der Waals surface area contributed by atoms with Crippen LogP contribution in [0.3, 0.4) is 0 Å². The number of hydrogen-bond acceptors (Lipinski definition) is 4. The molecule has 0 radical (unpaired) electrons. The van der Waals surface area contributed by atoms with E-state index >= 15 is 0 Å². The molecule has 2 atom stereocenters. The van der Waals surface area contributed by atoms with Crippen LogP contribution in [0.5, 0.6) is 0 Å². The molecular weight excluding hydrogens is 410 g/mol. The Bertz CT molecular complexity index is 1160. The summed E-state index contributed by atoms with van der Waals surface area (Å²) in [4.78, 5) is 22.2. The smallest absolute Gasteiger partial charge is 0.259 e. The minimum atomic E-state index is -0.717. The molecule has 156 valence electrons. The van der Waals surface area contributed by atoms with Crippen molar-refractivity contribution in [2.75, 3.05) is 24.0 Å². The Morgan fingerprint density at radius 1 is 1.03 bits per heavy atom. The van der Waals surface area contributed by atoms with Gasteiger partial charge in [0.2, 0.25) is 0 Å². The van der Waals surface area contributed by atoms with Crippen molar-refractivity contribution in [1.29, 1.82) is 0 Å². The maximum Gasteiger partial charge on any atom is 0.259 e. The molecule has 31 heavy (non-hydrogen) atoms. The molecular formula is C25H22ClN3O2. The van der Waals surface area contributed by atoms with E-state index in [4.69, 9.17) is 21.3 Å². The second-order valence-corrected chi connectivity index (χ2v) is 8.25. The summed E-state index contributed by atoms with van der Waals surface area (Å²) in [5.41, 5.74) is 2.82. The molecule has 2 aliphatic rings. The predicted molar refractivity (Wildman–Crippen MR) is 124 cm³/mol. The van der Waals surface area contributed by atoms with E-state index in [1.54, 1.807) is 7.11 Å². The summed E-state index contributed by atoms with van der Waals surface area (Å²) in [6, 6.07) is 25.5. The van der Waals surface area contributed by atoms with Crippen LogP contribution in [0.25, 0.3) is 0 Å². The quantitative estimate of drug-likeness (QED) is 0.537. The summed E-state index contributed by atoms with van der Waals surface area (Å²) in [7, 11) is 3.59. The van der Waals surface area contributed by atoms with Crippen LogP contribution in [-0.2, 0) is 15.1 Å². The molecule has 5 rings (SSSR count). The van der Waals surface area contributed by atoms with Crippen molar-refractivity contribution < 1.29 is 9.53 Å². The minimum absolute atomic E-state index is 0.0660. The molecule has 0 bridgehead atoms. The number of para-hydroxylation sites is 3. The number of carbonyl (C=O) groups excluding carboxylic acids is 1. The lowest BCUT2D eigenvalue weighted by Crippen LogP contribution is -2.74. The molecule has 3 aromatic rings. The largest absolute Gasteiger partial charge is 0.369 e. The Morgan fingerprint density at radius 3 is 2.42 bits per heavy atom. The van der Waals surface area contributed by atoms with E-state index < -0.39 is 11.6 Å². The third kappa shape index (κ3) is 2.96. The van der Waals surface area contributed by atoms with Gasteiger partial charge < -0.3 is 9.64 Å². The van der Waals surface area contributed by atoms with Crippen LogP contribution in [0.1, 0.15) is 12.0 Å². The van der Waals surface area contributed by atoms with Gasteiger partial charge in [-0.25, -0.2) is 4.99 Å². The van der Waals surface area contributed by atoms with E-state index in [9.17, 15) is 4.79 Å². The maximum atomic E-state index is 13.2. The summed E-state index contributed by atoms with van der Waals surface area (Å²) in [5.74, 6) is 0.786. The lowest BCUT2D eigenvalue weighted by atomic mass is 9.71. The topological polar surface area (TPSA) is 45.1 Å². The lowest BCUT2D eigenvalue weighted by molar-refractivity contribution is -0.147. The molecule has 0 N–H and O–H groups in total. The number of amidine groups is 1. The number of aliphatic imine (C=N–C) groups is 1. The number of anilines is 2. The van der Waals surface area contributed by atoms with Crippen LogP contribution in [-0.4, -0.2) is 32.0 Å².